The lowest BCUT2D eigenvalue weighted by Gasteiger charge is -2.22. The molecular weight excluding hydrogens is 314 g/mol. The summed E-state index contributed by atoms with van der Waals surface area (Å²) in [7, 11) is 3.44. The highest BCUT2D eigenvalue weighted by atomic mass is 33.1. The maximum Gasteiger partial charge on any atom is 0.219 e. The Hall–Kier alpha value is -1.14. The van der Waals surface area contributed by atoms with Gasteiger partial charge in [-0.05, 0) is 55.3 Å². The van der Waals surface area contributed by atoms with Crippen molar-refractivity contribution >= 4 is 21.6 Å². The van der Waals surface area contributed by atoms with Gasteiger partial charge in [0.2, 0.25) is 5.16 Å². The van der Waals surface area contributed by atoms with E-state index in [2.05, 4.69) is 36.0 Å². The van der Waals surface area contributed by atoms with E-state index in [1.807, 2.05) is 22.9 Å². The van der Waals surface area contributed by atoms with Crippen LogP contribution in [-0.4, -0.2) is 25.0 Å². The molecule has 6 heteroatoms. The van der Waals surface area contributed by atoms with E-state index in [0.29, 0.717) is 0 Å². The van der Waals surface area contributed by atoms with Crippen LogP contribution in [0.5, 0.6) is 5.75 Å². The standard InChI is InChI=1S/C16H23N3OS2/c1-4-5-6-11-16(2,3)22-21-15-17-14(18-19-15)12-7-9-13(20)10-8-12/h7-10,20H,4-6,11H2,1-3H3,(H,17,18,19). The van der Waals surface area contributed by atoms with E-state index in [-0.39, 0.29) is 10.5 Å². The second-order valence-corrected chi connectivity index (χ2v) is 8.70. The lowest BCUT2D eigenvalue weighted by molar-refractivity contribution is 0.475. The largest absolute Gasteiger partial charge is 0.508 e. The molecule has 120 valence electrons. The Labute approximate surface area is 139 Å². The third-order valence-electron chi connectivity index (χ3n) is 3.33. The van der Waals surface area contributed by atoms with E-state index in [0.717, 1.165) is 16.5 Å². The zero-order valence-corrected chi connectivity index (χ0v) is 14.9. The van der Waals surface area contributed by atoms with Crippen LogP contribution in [0.1, 0.15) is 46.5 Å². The first-order valence-electron chi connectivity index (χ1n) is 7.57. The Balaban J connectivity index is 1.90. The Morgan fingerprint density at radius 2 is 1.91 bits per heavy atom. The van der Waals surface area contributed by atoms with Gasteiger partial charge in [0, 0.05) is 10.3 Å². The van der Waals surface area contributed by atoms with Crippen molar-refractivity contribution in [2.24, 2.45) is 0 Å². The predicted octanol–water partition coefficient (Wildman–Crippen LogP) is 5.28. The molecule has 0 aliphatic heterocycles. The fourth-order valence-electron chi connectivity index (χ4n) is 2.02. The number of unbranched alkanes of at least 4 members (excludes halogenated alkanes) is 2. The molecule has 1 aromatic heterocycles. The monoisotopic (exact) mass is 337 g/mol. The van der Waals surface area contributed by atoms with Gasteiger partial charge in [-0.15, -0.1) is 5.10 Å². The number of aromatic nitrogens is 3. The molecule has 0 atom stereocenters. The average Bonchev–Trinajstić information content (AvgIpc) is 2.95. The summed E-state index contributed by atoms with van der Waals surface area (Å²) in [6.45, 7) is 6.77. The topological polar surface area (TPSA) is 61.8 Å². The Morgan fingerprint density at radius 3 is 2.59 bits per heavy atom. The molecule has 0 saturated carbocycles. The summed E-state index contributed by atoms with van der Waals surface area (Å²) in [5.74, 6) is 0.981. The molecule has 0 unspecified atom stereocenters. The van der Waals surface area contributed by atoms with Crippen molar-refractivity contribution in [3.8, 4) is 17.1 Å². The molecule has 0 aliphatic rings. The van der Waals surface area contributed by atoms with Crippen LogP contribution in [-0.2, 0) is 0 Å². The molecule has 0 bridgehead atoms. The van der Waals surface area contributed by atoms with Gasteiger partial charge < -0.3 is 5.11 Å². The van der Waals surface area contributed by atoms with Gasteiger partial charge in [0.15, 0.2) is 5.82 Å². The summed E-state index contributed by atoms with van der Waals surface area (Å²) in [5, 5.41) is 17.3. The summed E-state index contributed by atoms with van der Waals surface area (Å²) in [6, 6.07) is 6.95. The van der Waals surface area contributed by atoms with E-state index in [9.17, 15) is 5.11 Å². The maximum absolute atomic E-state index is 9.32. The molecular formula is C16H23N3OS2. The highest BCUT2D eigenvalue weighted by Crippen LogP contribution is 2.42. The fraction of sp³-hybridized carbons (Fsp3) is 0.500. The second-order valence-electron chi connectivity index (χ2n) is 5.90. The molecule has 0 aliphatic carbocycles. The minimum atomic E-state index is 0.221. The number of phenols is 1. The van der Waals surface area contributed by atoms with Crippen LogP contribution >= 0.6 is 21.6 Å². The number of nitrogens with zero attached hydrogens (tertiary/aromatic N) is 2. The van der Waals surface area contributed by atoms with Crippen LogP contribution in [0.4, 0.5) is 0 Å². The van der Waals surface area contributed by atoms with E-state index in [4.69, 9.17) is 0 Å². The van der Waals surface area contributed by atoms with Crippen molar-refractivity contribution < 1.29 is 5.11 Å². The molecule has 2 rings (SSSR count). The molecule has 4 nitrogen and oxygen atoms in total. The average molecular weight is 338 g/mol. The number of phenolic OH excluding ortho intramolecular Hbond substituents is 1. The summed E-state index contributed by atoms with van der Waals surface area (Å²) in [5.41, 5.74) is 0.921. The number of H-pyrrole nitrogens is 1. The molecule has 2 aromatic rings. The SMILES string of the molecule is CCCCCC(C)(C)SSc1n[nH]c(-c2ccc(O)cc2)n1. The van der Waals surface area contributed by atoms with E-state index in [1.165, 1.54) is 25.7 Å². The fourth-order valence-corrected chi connectivity index (χ4v) is 4.14. The van der Waals surface area contributed by atoms with E-state index < -0.39 is 0 Å². The third-order valence-corrected chi connectivity index (χ3v) is 6.45. The second kappa shape index (κ2) is 7.92. The van der Waals surface area contributed by atoms with Gasteiger partial charge in [-0.2, -0.15) is 0 Å². The van der Waals surface area contributed by atoms with Crippen molar-refractivity contribution in [2.45, 2.75) is 56.4 Å². The van der Waals surface area contributed by atoms with Crippen LogP contribution in [0.2, 0.25) is 0 Å². The number of benzene rings is 1. The van der Waals surface area contributed by atoms with Gasteiger partial charge in [0.1, 0.15) is 5.75 Å². The molecule has 0 fully saturated rings. The van der Waals surface area contributed by atoms with Gasteiger partial charge in [-0.25, -0.2) is 4.98 Å². The molecule has 0 radical (unpaired) electrons. The number of aromatic hydroxyl groups is 1. The zero-order chi connectivity index (χ0) is 16.0. The van der Waals surface area contributed by atoms with Crippen LogP contribution in [0.15, 0.2) is 29.4 Å². The van der Waals surface area contributed by atoms with Crippen molar-refractivity contribution in [3.05, 3.63) is 24.3 Å². The van der Waals surface area contributed by atoms with Gasteiger partial charge in [0.25, 0.3) is 0 Å². The lowest BCUT2D eigenvalue weighted by atomic mass is 10.0. The van der Waals surface area contributed by atoms with E-state index >= 15 is 0 Å². The minimum absolute atomic E-state index is 0.221. The zero-order valence-electron chi connectivity index (χ0n) is 13.3. The quantitative estimate of drug-likeness (QED) is 0.507. The summed E-state index contributed by atoms with van der Waals surface area (Å²) >= 11 is 0. The summed E-state index contributed by atoms with van der Waals surface area (Å²) in [4.78, 5) is 4.50. The summed E-state index contributed by atoms with van der Waals surface area (Å²) in [6.07, 6.45) is 5.02. The van der Waals surface area contributed by atoms with Gasteiger partial charge >= 0.3 is 0 Å². The van der Waals surface area contributed by atoms with Crippen molar-refractivity contribution in [1.29, 1.82) is 0 Å². The highest BCUT2D eigenvalue weighted by Gasteiger charge is 2.20. The van der Waals surface area contributed by atoms with Gasteiger partial charge in [0.05, 0.1) is 0 Å². The van der Waals surface area contributed by atoms with Gasteiger partial charge in [-0.1, -0.05) is 37.0 Å². The third kappa shape index (κ3) is 5.25. The Bertz CT molecular complexity index is 581. The van der Waals surface area contributed by atoms with Crippen molar-refractivity contribution in [2.75, 3.05) is 0 Å². The Kier molecular flexibility index (Phi) is 6.20. The number of nitrogens with one attached hydrogen (secondary N) is 1. The number of hydrogen-bond donors (Lipinski definition) is 2. The first-order valence-corrected chi connectivity index (χ1v) is 9.72. The molecule has 0 saturated heterocycles. The number of hydrogen-bond acceptors (Lipinski definition) is 5. The molecule has 0 amide bonds. The molecule has 0 spiro atoms. The minimum Gasteiger partial charge on any atom is -0.508 e. The van der Waals surface area contributed by atoms with Crippen LogP contribution in [0.25, 0.3) is 11.4 Å². The first-order chi connectivity index (χ1) is 10.5. The molecule has 1 heterocycles. The lowest BCUT2D eigenvalue weighted by Crippen LogP contribution is -2.12. The number of aromatic amines is 1. The summed E-state index contributed by atoms with van der Waals surface area (Å²) < 4.78 is 0.221. The van der Waals surface area contributed by atoms with Crippen molar-refractivity contribution in [3.63, 3.8) is 0 Å². The Morgan fingerprint density at radius 1 is 1.18 bits per heavy atom. The first kappa shape index (κ1) is 17.2. The van der Waals surface area contributed by atoms with Crippen LogP contribution < -0.4 is 0 Å². The maximum atomic E-state index is 9.32. The number of rotatable bonds is 8. The molecule has 1 aromatic carbocycles. The van der Waals surface area contributed by atoms with Crippen molar-refractivity contribution in [1.82, 2.24) is 15.2 Å². The highest BCUT2D eigenvalue weighted by molar-refractivity contribution is 8.77. The van der Waals surface area contributed by atoms with Gasteiger partial charge in [-0.3, -0.25) is 5.10 Å². The van der Waals surface area contributed by atoms with E-state index in [1.54, 1.807) is 22.9 Å². The van der Waals surface area contributed by atoms with Crippen LogP contribution in [0, 0.1) is 0 Å². The normalized spacial score (nSPS) is 11.8. The predicted molar refractivity (Wildman–Crippen MR) is 95.2 cm³/mol. The smallest absolute Gasteiger partial charge is 0.219 e. The molecule has 2 N–H and O–H groups in total. The van der Waals surface area contributed by atoms with Crippen LogP contribution in [0.3, 0.4) is 0 Å². The molecule has 22 heavy (non-hydrogen) atoms.